The molecule has 13 nitrogen and oxygen atoms in total. The average molecular weight is 696 g/mol. The second-order valence-corrected chi connectivity index (χ2v) is 17.8. The molecule has 4 fully saturated rings. The van der Waals surface area contributed by atoms with E-state index in [0.29, 0.717) is 49.4 Å². The standard InChI is InChI=1S/C34H58N6O7S/c1-6-14-25(27(41)30(43)35-24-16-17-24)36-29(42)26-15-13-22-40(26)31(44)28(33(3)18-9-7-10-19-33)37-32(45)38-34(20-11-8-12-21-34)23(2)48(46,47)39(4)5/h23-26,28H,6-22H2,1-5H3,(H,35,43)(H,36,42)(H2,37,38,45)/p+1/t23-,25-,26-,28+/m0/s1. The summed E-state index contributed by atoms with van der Waals surface area (Å²) in [5.41, 5.74) is -1.54. The average Bonchev–Trinajstić information content (AvgIpc) is 3.73. The predicted octanol–water partition coefficient (Wildman–Crippen LogP) is 1.31. The summed E-state index contributed by atoms with van der Waals surface area (Å²) in [7, 11) is -0.459. The summed E-state index contributed by atoms with van der Waals surface area (Å²) < 4.78 is 26.9. The molecule has 1 aliphatic heterocycles. The molecule has 48 heavy (non-hydrogen) atoms. The maximum Gasteiger partial charge on any atom is 0.315 e. The van der Waals surface area contributed by atoms with E-state index in [1.807, 2.05) is 13.8 Å². The minimum atomic E-state index is -3.61. The molecule has 0 aromatic carbocycles. The van der Waals surface area contributed by atoms with E-state index in [2.05, 4.69) is 21.3 Å². The second kappa shape index (κ2) is 15.9. The number of sulfonamides is 1. The Labute approximate surface area is 286 Å². The van der Waals surface area contributed by atoms with Crippen LogP contribution in [-0.4, -0.2) is 98.4 Å². The van der Waals surface area contributed by atoms with Crippen LogP contribution in [0.4, 0.5) is 4.79 Å². The lowest BCUT2D eigenvalue weighted by atomic mass is 9.70. The van der Waals surface area contributed by atoms with Crippen molar-refractivity contribution in [1.29, 1.82) is 0 Å². The molecule has 4 atom stereocenters. The molecule has 0 bridgehead atoms. The highest BCUT2D eigenvalue weighted by Crippen LogP contribution is 2.40. The van der Waals surface area contributed by atoms with Gasteiger partial charge in [0.15, 0.2) is 0 Å². The molecule has 1 heterocycles. The Morgan fingerprint density at radius 3 is 2.04 bits per heavy atom. The van der Waals surface area contributed by atoms with Crippen LogP contribution in [0.2, 0.25) is 0 Å². The number of likely N-dealkylation sites (tertiary alicyclic amines) is 1. The van der Waals surface area contributed by atoms with Crippen molar-refractivity contribution in [3.63, 3.8) is 0 Å². The number of hydrogen-bond donors (Lipinski definition) is 5. The van der Waals surface area contributed by atoms with Gasteiger partial charge in [-0.15, -0.1) is 0 Å². The van der Waals surface area contributed by atoms with Gasteiger partial charge in [-0.25, -0.2) is 9.10 Å². The van der Waals surface area contributed by atoms with Crippen LogP contribution in [-0.2, 0) is 29.2 Å². The molecular weight excluding hydrogens is 636 g/mol. The van der Waals surface area contributed by atoms with Gasteiger partial charge in [-0.05, 0) is 70.1 Å². The fraction of sp³-hybridized carbons (Fsp3) is 0.853. The van der Waals surface area contributed by atoms with Gasteiger partial charge < -0.3 is 26.2 Å². The van der Waals surface area contributed by atoms with Crippen LogP contribution in [0.5, 0.6) is 0 Å². The van der Waals surface area contributed by atoms with Gasteiger partial charge in [-0.3, -0.25) is 19.2 Å². The second-order valence-electron chi connectivity index (χ2n) is 15.2. The van der Waals surface area contributed by atoms with Crippen LogP contribution in [0, 0.1) is 5.41 Å². The van der Waals surface area contributed by atoms with Crippen LogP contribution in [0.15, 0.2) is 0 Å². The lowest BCUT2D eigenvalue weighted by molar-refractivity contribution is -0.718. The highest BCUT2D eigenvalue weighted by atomic mass is 32.2. The van der Waals surface area contributed by atoms with Crippen LogP contribution >= 0.6 is 0 Å². The minimum Gasteiger partial charge on any atom is -0.347 e. The summed E-state index contributed by atoms with van der Waals surface area (Å²) in [5, 5.41) is 10.7. The summed E-state index contributed by atoms with van der Waals surface area (Å²) in [6, 6.07) is -3.32. The van der Waals surface area contributed by atoms with E-state index in [1.165, 1.54) is 4.90 Å². The third kappa shape index (κ3) is 8.70. The molecule has 14 heteroatoms. The molecule has 5 amide bonds. The van der Waals surface area contributed by atoms with E-state index in [1.54, 1.807) is 21.0 Å². The molecule has 3 saturated carbocycles. The molecule has 1 saturated heterocycles. The monoisotopic (exact) mass is 695 g/mol. The fourth-order valence-electron chi connectivity index (χ4n) is 7.98. The molecule has 5 N–H and O–H groups in total. The first-order valence-corrected chi connectivity index (χ1v) is 19.8. The number of amides is 5. The van der Waals surface area contributed by atoms with Gasteiger partial charge in [0.05, 0.1) is 25.7 Å². The summed E-state index contributed by atoms with van der Waals surface area (Å²) in [6.07, 6.45) is 11.4. The first-order valence-electron chi connectivity index (χ1n) is 18.2. The predicted molar refractivity (Wildman–Crippen MR) is 181 cm³/mol. The van der Waals surface area contributed by atoms with Gasteiger partial charge in [0.25, 0.3) is 15.9 Å². The number of urea groups is 1. The topological polar surface area (TPSA) is 175 Å². The first kappa shape index (κ1) is 38.1. The zero-order chi connectivity index (χ0) is 35.3. The molecule has 4 aliphatic rings. The SMILES string of the molecule is CCC[C@H](NC(=O)[C@@H]1CCCN1C(=O)[C@@H](NC(=O)NC1([C@H](C)S(=O)(=O)[NH+](C)C)CCCCC1)C1(C)CCCCC1)C(=O)C(=O)NC1CC1. The maximum atomic E-state index is 14.5. The Bertz CT molecular complexity index is 1300. The first-order chi connectivity index (χ1) is 22.6. The largest absolute Gasteiger partial charge is 0.347 e. The number of carbonyl (C=O) groups excluding carboxylic acids is 5. The molecule has 0 unspecified atom stereocenters. The van der Waals surface area contributed by atoms with Gasteiger partial charge in [-0.2, -0.15) is 8.42 Å². The summed E-state index contributed by atoms with van der Waals surface area (Å²) in [5.74, 6) is -2.20. The number of rotatable bonds is 14. The Morgan fingerprint density at radius 1 is 0.875 bits per heavy atom. The van der Waals surface area contributed by atoms with Crippen molar-refractivity contribution in [3.8, 4) is 0 Å². The molecule has 0 aromatic heterocycles. The number of ketones is 1. The van der Waals surface area contributed by atoms with E-state index in [4.69, 9.17) is 0 Å². The lowest BCUT2D eigenvalue weighted by Crippen LogP contribution is -3.09. The van der Waals surface area contributed by atoms with E-state index >= 15 is 0 Å². The van der Waals surface area contributed by atoms with Crippen molar-refractivity contribution >= 4 is 39.6 Å². The molecule has 0 radical (unpaired) electrons. The van der Waals surface area contributed by atoms with Gasteiger partial charge >= 0.3 is 6.03 Å². The molecule has 3 aliphatic carbocycles. The summed E-state index contributed by atoms with van der Waals surface area (Å²) in [4.78, 5) is 69.2. The zero-order valence-corrected chi connectivity index (χ0v) is 30.4. The van der Waals surface area contributed by atoms with Gasteiger partial charge in [0.1, 0.15) is 17.3 Å². The summed E-state index contributed by atoms with van der Waals surface area (Å²) >= 11 is 0. The molecule has 4 rings (SSSR count). The van der Waals surface area contributed by atoms with E-state index in [-0.39, 0.29) is 11.9 Å². The van der Waals surface area contributed by atoms with Crippen molar-refractivity contribution in [1.82, 2.24) is 26.2 Å². The van der Waals surface area contributed by atoms with Gasteiger partial charge in [0, 0.05) is 12.6 Å². The smallest absolute Gasteiger partial charge is 0.315 e. The van der Waals surface area contributed by atoms with Gasteiger partial charge in [0.2, 0.25) is 17.6 Å². The van der Waals surface area contributed by atoms with E-state index in [9.17, 15) is 32.4 Å². The Balaban J connectivity index is 1.54. The molecular formula is C34H59N6O7S+. The third-order valence-electron chi connectivity index (χ3n) is 11.3. The summed E-state index contributed by atoms with van der Waals surface area (Å²) in [6.45, 7) is 5.87. The van der Waals surface area contributed by atoms with Gasteiger partial charge in [-0.1, -0.05) is 58.8 Å². The number of nitrogens with zero attached hydrogens (tertiary/aromatic N) is 1. The molecule has 0 aromatic rings. The van der Waals surface area contributed by atoms with Crippen LogP contribution in [0.1, 0.15) is 124 Å². The van der Waals surface area contributed by atoms with E-state index in [0.717, 1.165) is 64.2 Å². The van der Waals surface area contributed by atoms with Crippen molar-refractivity contribution in [2.75, 3.05) is 20.6 Å². The lowest BCUT2D eigenvalue weighted by Gasteiger charge is -2.44. The number of quaternary nitrogens is 1. The van der Waals surface area contributed by atoms with Crippen LogP contribution in [0.3, 0.4) is 0 Å². The Morgan fingerprint density at radius 2 is 1.48 bits per heavy atom. The number of Topliss-reactive ketones (excluding diaryl/α,β-unsaturated/α-hetero) is 1. The normalized spacial score (nSPS) is 24.2. The molecule has 272 valence electrons. The maximum absolute atomic E-state index is 14.5. The third-order valence-corrected chi connectivity index (χ3v) is 13.8. The Hall–Kier alpha value is -2.74. The Kier molecular flexibility index (Phi) is 12.6. The zero-order valence-electron chi connectivity index (χ0n) is 29.6. The highest BCUT2D eigenvalue weighted by Gasteiger charge is 2.50. The fourth-order valence-corrected chi connectivity index (χ4v) is 9.57. The number of nitrogens with one attached hydrogen (secondary N) is 5. The highest BCUT2D eigenvalue weighted by molar-refractivity contribution is 7.85. The van der Waals surface area contributed by atoms with Crippen molar-refractivity contribution < 1.29 is 36.7 Å². The van der Waals surface area contributed by atoms with Crippen molar-refractivity contribution in [3.05, 3.63) is 0 Å². The number of hydrogen-bond acceptors (Lipinski definition) is 7. The minimum absolute atomic E-state index is 0.0138. The van der Waals surface area contributed by atoms with Crippen molar-refractivity contribution in [2.24, 2.45) is 5.41 Å². The van der Waals surface area contributed by atoms with Crippen LogP contribution in [0.25, 0.3) is 0 Å². The van der Waals surface area contributed by atoms with E-state index < -0.39 is 68.0 Å². The molecule has 0 spiro atoms. The number of carbonyl (C=O) groups is 5. The van der Waals surface area contributed by atoms with Crippen LogP contribution < -0.4 is 25.6 Å². The quantitative estimate of drug-likeness (QED) is 0.170. The van der Waals surface area contributed by atoms with Crippen molar-refractivity contribution in [2.45, 2.75) is 158 Å².